The van der Waals surface area contributed by atoms with E-state index in [0.29, 0.717) is 16.1 Å². The van der Waals surface area contributed by atoms with Crippen LogP contribution < -0.4 is 10.9 Å². The minimum absolute atomic E-state index is 0.193. The Labute approximate surface area is 177 Å². The monoisotopic (exact) mass is 419 g/mol. The van der Waals surface area contributed by atoms with Crippen LogP contribution in [0.4, 0.5) is 0 Å². The molecule has 1 amide bonds. The summed E-state index contributed by atoms with van der Waals surface area (Å²) in [6.07, 6.45) is 1.54. The zero-order valence-corrected chi connectivity index (χ0v) is 16.6. The first-order chi connectivity index (χ1) is 14.5. The van der Waals surface area contributed by atoms with Crippen LogP contribution in [0.2, 0.25) is 5.02 Å². The molecule has 7 heteroatoms. The number of fused-ring (bicyclic) bond motifs is 1. The number of benzene rings is 2. The number of nitrogens with one attached hydrogen (secondary N) is 1. The molecule has 0 aliphatic rings. The molecule has 2 N–H and O–H groups in total. The number of carbonyl (C=O) groups is 1. The molecule has 6 nitrogen and oxygen atoms in total. The first-order valence-corrected chi connectivity index (χ1v) is 9.69. The maximum absolute atomic E-state index is 13.2. The molecule has 2 aromatic carbocycles. The van der Waals surface area contributed by atoms with Crippen molar-refractivity contribution in [2.45, 2.75) is 13.1 Å². The van der Waals surface area contributed by atoms with Crippen molar-refractivity contribution in [2.24, 2.45) is 0 Å². The predicted octanol–water partition coefficient (Wildman–Crippen LogP) is 3.73. The maximum atomic E-state index is 13.2. The van der Waals surface area contributed by atoms with Gasteiger partial charge in [0, 0.05) is 17.8 Å². The lowest BCUT2D eigenvalue weighted by atomic mass is 10.1. The lowest BCUT2D eigenvalue weighted by molar-refractivity contribution is 0.0946. The number of carbonyl (C=O) groups excluding carboxylic acids is 1. The van der Waals surface area contributed by atoms with Crippen LogP contribution in [0.1, 0.15) is 21.5 Å². The number of aromatic nitrogens is 2. The summed E-state index contributed by atoms with van der Waals surface area (Å²) in [6.45, 7) is 0.420. The molecule has 0 fully saturated rings. The van der Waals surface area contributed by atoms with Crippen LogP contribution in [0.25, 0.3) is 11.0 Å². The molecule has 4 rings (SSSR count). The van der Waals surface area contributed by atoms with Gasteiger partial charge >= 0.3 is 0 Å². The Morgan fingerprint density at radius 2 is 1.73 bits per heavy atom. The summed E-state index contributed by atoms with van der Waals surface area (Å²) in [5.74, 6) is -1.03. The highest BCUT2D eigenvalue weighted by atomic mass is 35.5. The van der Waals surface area contributed by atoms with E-state index in [2.05, 4.69) is 10.3 Å². The van der Waals surface area contributed by atoms with Gasteiger partial charge in [-0.15, -0.1) is 0 Å². The number of hydrogen-bond acceptors (Lipinski definition) is 4. The summed E-state index contributed by atoms with van der Waals surface area (Å²) in [4.78, 5) is 30.3. The summed E-state index contributed by atoms with van der Waals surface area (Å²) in [5.41, 5.74) is 1.11. The minimum atomic E-state index is -0.653. The lowest BCUT2D eigenvalue weighted by Crippen LogP contribution is -2.33. The first kappa shape index (κ1) is 19.7. The van der Waals surface area contributed by atoms with E-state index in [1.807, 2.05) is 30.3 Å². The highest BCUT2D eigenvalue weighted by molar-refractivity contribution is 6.30. The Hall–Kier alpha value is -3.64. The Bertz CT molecular complexity index is 1270. The molecule has 4 aromatic rings. The van der Waals surface area contributed by atoms with Crippen molar-refractivity contribution in [2.75, 3.05) is 0 Å². The summed E-state index contributed by atoms with van der Waals surface area (Å²) < 4.78 is 1.40. The van der Waals surface area contributed by atoms with E-state index < -0.39 is 11.5 Å². The molecule has 0 saturated heterocycles. The fourth-order valence-electron chi connectivity index (χ4n) is 3.25. The van der Waals surface area contributed by atoms with Crippen molar-refractivity contribution in [3.63, 3.8) is 0 Å². The fourth-order valence-corrected chi connectivity index (χ4v) is 3.38. The number of nitrogens with zero attached hydrogens (tertiary/aromatic N) is 2. The Kier molecular flexibility index (Phi) is 5.50. The fraction of sp³-hybridized carbons (Fsp3) is 0.0870. The van der Waals surface area contributed by atoms with E-state index in [-0.39, 0.29) is 24.4 Å². The molecule has 0 aliphatic carbocycles. The number of halogens is 1. The van der Waals surface area contributed by atoms with Crippen molar-refractivity contribution in [1.29, 1.82) is 0 Å². The van der Waals surface area contributed by atoms with Gasteiger partial charge in [-0.3, -0.25) is 14.2 Å². The number of aromatic hydroxyl groups is 1. The van der Waals surface area contributed by atoms with E-state index in [1.165, 1.54) is 4.57 Å². The van der Waals surface area contributed by atoms with Gasteiger partial charge in [-0.25, -0.2) is 4.98 Å². The molecule has 0 spiro atoms. The van der Waals surface area contributed by atoms with Crippen LogP contribution >= 0.6 is 11.6 Å². The van der Waals surface area contributed by atoms with Crippen molar-refractivity contribution >= 4 is 28.5 Å². The number of pyridine rings is 2. The van der Waals surface area contributed by atoms with Crippen molar-refractivity contribution < 1.29 is 9.90 Å². The van der Waals surface area contributed by atoms with Gasteiger partial charge in [-0.05, 0) is 35.4 Å². The first-order valence-electron chi connectivity index (χ1n) is 9.31. The van der Waals surface area contributed by atoms with Crippen LogP contribution in [0.3, 0.4) is 0 Å². The standard InChI is InChI=1S/C23H18ClN3O3/c24-17-10-8-15(9-11-17)13-26-22(29)19-20(28)18-7-4-12-25-21(18)27(23(19)30)14-16-5-2-1-3-6-16/h1-12,28H,13-14H2,(H,26,29). The van der Waals surface area contributed by atoms with E-state index in [0.717, 1.165) is 11.1 Å². The highest BCUT2D eigenvalue weighted by Crippen LogP contribution is 2.25. The quantitative estimate of drug-likeness (QED) is 0.516. The number of rotatable bonds is 5. The van der Waals surface area contributed by atoms with Gasteiger partial charge < -0.3 is 10.4 Å². The van der Waals surface area contributed by atoms with E-state index in [1.54, 1.807) is 42.6 Å². The van der Waals surface area contributed by atoms with Crippen LogP contribution in [0.5, 0.6) is 5.75 Å². The minimum Gasteiger partial charge on any atom is -0.506 e. The molecule has 30 heavy (non-hydrogen) atoms. The average molecular weight is 420 g/mol. The Morgan fingerprint density at radius 3 is 2.47 bits per heavy atom. The zero-order valence-electron chi connectivity index (χ0n) is 15.9. The van der Waals surface area contributed by atoms with E-state index in [4.69, 9.17) is 11.6 Å². The van der Waals surface area contributed by atoms with Crippen molar-refractivity contribution in [3.05, 3.63) is 105 Å². The smallest absolute Gasteiger partial charge is 0.269 e. The second-order valence-electron chi connectivity index (χ2n) is 6.78. The van der Waals surface area contributed by atoms with Crippen LogP contribution in [-0.4, -0.2) is 20.6 Å². The van der Waals surface area contributed by atoms with Crippen LogP contribution in [-0.2, 0) is 13.1 Å². The molecule has 2 heterocycles. The second kappa shape index (κ2) is 8.39. The third-order valence-electron chi connectivity index (χ3n) is 4.77. The largest absolute Gasteiger partial charge is 0.506 e. The van der Waals surface area contributed by atoms with Crippen LogP contribution in [0.15, 0.2) is 77.7 Å². The molecular weight excluding hydrogens is 402 g/mol. The van der Waals surface area contributed by atoms with Gasteiger partial charge in [-0.1, -0.05) is 54.1 Å². The molecule has 2 aromatic heterocycles. The number of hydrogen-bond donors (Lipinski definition) is 2. The molecule has 0 bridgehead atoms. The highest BCUT2D eigenvalue weighted by Gasteiger charge is 2.22. The van der Waals surface area contributed by atoms with Gasteiger partial charge in [0.15, 0.2) is 0 Å². The van der Waals surface area contributed by atoms with Crippen LogP contribution in [0, 0.1) is 0 Å². The third kappa shape index (κ3) is 3.90. The topological polar surface area (TPSA) is 84.2 Å². The number of amides is 1. The molecular formula is C23H18ClN3O3. The summed E-state index contributed by atoms with van der Waals surface area (Å²) in [7, 11) is 0. The predicted molar refractivity (Wildman–Crippen MR) is 116 cm³/mol. The summed E-state index contributed by atoms with van der Waals surface area (Å²) >= 11 is 5.88. The SMILES string of the molecule is O=C(NCc1ccc(Cl)cc1)c1c(O)c2cccnc2n(Cc2ccccc2)c1=O. The molecule has 0 aliphatic heterocycles. The molecule has 0 atom stereocenters. The lowest BCUT2D eigenvalue weighted by Gasteiger charge is -2.14. The second-order valence-corrected chi connectivity index (χ2v) is 7.22. The normalized spacial score (nSPS) is 10.8. The molecule has 0 saturated carbocycles. The Balaban J connectivity index is 1.74. The Morgan fingerprint density at radius 1 is 1.00 bits per heavy atom. The maximum Gasteiger partial charge on any atom is 0.269 e. The van der Waals surface area contributed by atoms with Gasteiger partial charge in [-0.2, -0.15) is 0 Å². The van der Waals surface area contributed by atoms with Gasteiger partial charge in [0.2, 0.25) is 0 Å². The van der Waals surface area contributed by atoms with E-state index in [9.17, 15) is 14.7 Å². The van der Waals surface area contributed by atoms with E-state index >= 15 is 0 Å². The molecule has 0 radical (unpaired) electrons. The van der Waals surface area contributed by atoms with Crippen molar-refractivity contribution in [1.82, 2.24) is 14.9 Å². The molecule has 150 valence electrons. The summed E-state index contributed by atoms with van der Waals surface area (Å²) in [5, 5.41) is 14.3. The zero-order chi connectivity index (χ0) is 21.1. The van der Waals surface area contributed by atoms with Gasteiger partial charge in [0.25, 0.3) is 11.5 Å². The van der Waals surface area contributed by atoms with Crippen molar-refractivity contribution in [3.8, 4) is 5.75 Å². The van der Waals surface area contributed by atoms with Gasteiger partial charge in [0.05, 0.1) is 11.9 Å². The third-order valence-corrected chi connectivity index (χ3v) is 5.02. The average Bonchev–Trinajstić information content (AvgIpc) is 2.77. The summed E-state index contributed by atoms with van der Waals surface area (Å²) in [6, 6.07) is 19.7. The molecule has 0 unspecified atom stereocenters. The van der Waals surface area contributed by atoms with Gasteiger partial charge in [0.1, 0.15) is 17.0 Å².